The molecule has 0 bridgehead atoms. The molecule has 24 heavy (non-hydrogen) atoms. The van der Waals surface area contributed by atoms with Gasteiger partial charge < -0.3 is 15.4 Å². The lowest BCUT2D eigenvalue weighted by Crippen LogP contribution is -2.35. The van der Waals surface area contributed by atoms with Gasteiger partial charge in [-0.15, -0.1) is 0 Å². The number of benzene rings is 2. The fourth-order valence-electron chi connectivity index (χ4n) is 3.30. The fourth-order valence-corrected chi connectivity index (χ4v) is 3.30. The van der Waals surface area contributed by atoms with Gasteiger partial charge in [0.15, 0.2) is 0 Å². The molecule has 3 atom stereocenters. The third-order valence-corrected chi connectivity index (χ3v) is 4.56. The summed E-state index contributed by atoms with van der Waals surface area (Å²) in [5.74, 6) is 1.29. The van der Waals surface area contributed by atoms with E-state index in [1.807, 2.05) is 30.3 Å². The van der Waals surface area contributed by atoms with Crippen LogP contribution in [0.15, 0.2) is 48.5 Å². The van der Waals surface area contributed by atoms with Gasteiger partial charge in [-0.2, -0.15) is 0 Å². The maximum Gasteiger partial charge on any atom is 0.221 e. The van der Waals surface area contributed by atoms with Crippen molar-refractivity contribution in [2.45, 2.75) is 38.8 Å². The molecule has 0 aromatic heterocycles. The van der Waals surface area contributed by atoms with Crippen LogP contribution in [0, 0.1) is 0 Å². The Kier molecular flexibility index (Phi) is 4.86. The summed E-state index contributed by atoms with van der Waals surface area (Å²) in [5.41, 5.74) is 3.26. The van der Waals surface area contributed by atoms with E-state index in [0.717, 1.165) is 17.0 Å². The molecular formula is C20H24N2O2. The minimum Gasteiger partial charge on any atom is -0.493 e. The van der Waals surface area contributed by atoms with Crippen molar-refractivity contribution in [1.82, 2.24) is 5.32 Å². The Morgan fingerprint density at radius 1 is 1.17 bits per heavy atom. The number of para-hydroxylation sites is 1. The molecular weight excluding hydrogens is 300 g/mol. The standard InChI is InChI=1S/C20H24N2O2/c1-13(16-7-6-8-17(11-16)22-15(3)23)21-14(2)19-12-24-20-10-5-4-9-18(19)20/h4-11,13-14,19,21H,12H2,1-3H3,(H,22,23). The van der Waals surface area contributed by atoms with E-state index >= 15 is 0 Å². The molecule has 0 fully saturated rings. The Labute approximate surface area is 143 Å². The molecule has 2 aromatic rings. The van der Waals surface area contributed by atoms with E-state index in [-0.39, 0.29) is 18.0 Å². The highest BCUT2D eigenvalue weighted by Gasteiger charge is 2.29. The van der Waals surface area contributed by atoms with Crippen molar-refractivity contribution < 1.29 is 9.53 Å². The normalized spacial score (nSPS) is 18.4. The smallest absolute Gasteiger partial charge is 0.221 e. The van der Waals surface area contributed by atoms with E-state index < -0.39 is 0 Å². The van der Waals surface area contributed by atoms with Crippen LogP contribution >= 0.6 is 0 Å². The van der Waals surface area contributed by atoms with Gasteiger partial charge in [-0.1, -0.05) is 30.3 Å². The minimum absolute atomic E-state index is 0.0548. The third-order valence-electron chi connectivity index (χ3n) is 4.56. The van der Waals surface area contributed by atoms with Crippen molar-refractivity contribution in [3.05, 3.63) is 59.7 Å². The second kappa shape index (κ2) is 7.05. The Morgan fingerprint density at radius 2 is 1.96 bits per heavy atom. The summed E-state index contributed by atoms with van der Waals surface area (Å²) < 4.78 is 5.79. The minimum atomic E-state index is -0.0548. The van der Waals surface area contributed by atoms with Gasteiger partial charge in [0.1, 0.15) is 5.75 Å². The molecule has 126 valence electrons. The highest BCUT2D eigenvalue weighted by Crippen LogP contribution is 2.36. The highest BCUT2D eigenvalue weighted by atomic mass is 16.5. The number of fused-ring (bicyclic) bond motifs is 1. The zero-order valence-electron chi connectivity index (χ0n) is 14.4. The van der Waals surface area contributed by atoms with Crippen LogP contribution in [0.5, 0.6) is 5.75 Å². The second-order valence-electron chi connectivity index (χ2n) is 6.44. The van der Waals surface area contributed by atoms with Gasteiger partial charge >= 0.3 is 0 Å². The van der Waals surface area contributed by atoms with E-state index in [0.29, 0.717) is 12.5 Å². The number of hydrogen-bond acceptors (Lipinski definition) is 3. The Balaban J connectivity index is 1.69. The molecule has 1 amide bonds. The second-order valence-corrected chi connectivity index (χ2v) is 6.44. The number of anilines is 1. The number of rotatable bonds is 5. The summed E-state index contributed by atoms with van der Waals surface area (Å²) in [5, 5.41) is 6.50. The number of carbonyl (C=O) groups is 1. The van der Waals surface area contributed by atoms with Crippen LogP contribution in [0.3, 0.4) is 0 Å². The Bertz CT molecular complexity index is 729. The topological polar surface area (TPSA) is 50.4 Å². The van der Waals surface area contributed by atoms with Gasteiger partial charge in [-0.3, -0.25) is 4.79 Å². The quantitative estimate of drug-likeness (QED) is 0.878. The lowest BCUT2D eigenvalue weighted by Gasteiger charge is -2.25. The predicted octanol–water partition coefficient (Wildman–Crippen LogP) is 3.86. The van der Waals surface area contributed by atoms with Crippen LogP contribution in [0.25, 0.3) is 0 Å². The van der Waals surface area contributed by atoms with Crippen LogP contribution in [0.2, 0.25) is 0 Å². The summed E-state index contributed by atoms with van der Waals surface area (Å²) in [6, 6.07) is 16.7. The van der Waals surface area contributed by atoms with Crippen molar-refractivity contribution >= 4 is 11.6 Å². The molecule has 2 N–H and O–H groups in total. The first kappa shape index (κ1) is 16.5. The van der Waals surface area contributed by atoms with Gasteiger partial charge in [0.2, 0.25) is 5.91 Å². The molecule has 0 aliphatic carbocycles. The SMILES string of the molecule is CC(=O)Nc1cccc(C(C)NC(C)C2COc3ccccc32)c1. The summed E-state index contributed by atoms with van der Waals surface area (Å²) in [6.45, 7) is 6.58. The van der Waals surface area contributed by atoms with Crippen molar-refractivity contribution in [2.24, 2.45) is 0 Å². The molecule has 0 spiro atoms. The van der Waals surface area contributed by atoms with Gasteiger partial charge in [-0.25, -0.2) is 0 Å². The van der Waals surface area contributed by atoms with Crippen LogP contribution < -0.4 is 15.4 Å². The molecule has 0 radical (unpaired) electrons. The van der Waals surface area contributed by atoms with Crippen molar-refractivity contribution in [2.75, 3.05) is 11.9 Å². The zero-order chi connectivity index (χ0) is 17.1. The average molecular weight is 324 g/mol. The van der Waals surface area contributed by atoms with E-state index in [2.05, 4.69) is 42.7 Å². The van der Waals surface area contributed by atoms with Gasteiger partial charge in [0.05, 0.1) is 6.61 Å². The monoisotopic (exact) mass is 324 g/mol. The molecule has 1 aliphatic heterocycles. The Hall–Kier alpha value is -2.33. The van der Waals surface area contributed by atoms with E-state index in [4.69, 9.17) is 4.74 Å². The average Bonchev–Trinajstić information content (AvgIpc) is 2.98. The molecule has 0 saturated heterocycles. The lowest BCUT2D eigenvalue weighted by molar-refractivity contribution is -0.114. The van der Waals surface area contributed by atoms with Gasteiger partial charge in [0.25, 0.3) is 0 Å². The molecule has 4 heteroatoms. The number of amides is 1. The summed E-state index contributed by atoms with van der Waals surface area (Å²) in [7, 11) is 0. The molecule has 1 heterocycles. The van der Waals surface area contributed by atoms with Crippen molar-refractivity contribution in [3.63, 3.8) is 0 Å². The van der Waals surface area contributed by atoms with Crippen molar-refractivity contribution in [3.8, 4) is 5.75 Å². The summed E-state index contributed by atoms with van der Waals surface area (Å²) in [4.78, 5) is 11.2. The molecule has 0 saturated carbocycles. The van der Waals surface area contributed by atoms with Gasteiger partial charge in [-0.05, 0) is 37.6 Å². The lowest BCUT2D eigenvalue weighted by atomic mass is 9.93. The number of carbonyl (C=O) groups excluding carboxylic acids is 1. The number of hydrogen-bond donors (Lipinski definition) is 2. The van der Waals surface area contributed by atoms with Crippen LogP contribution in [-0.2, 0) is 4.79 Å². The predicted molar refractivity (Wildman–Crippen MR) is 96.4 cm³/mol. The van der Waals surface area contributed by atoms with Gasteiger partial charge in [0, 0.05) is 36.2 Å². The van der Waals surface area contributed by atoms with Crippen molar-refractivity contribution in [1.29, 1.82) is 0 Å². The van der Waals surface area contributed by atoms with E-state index in [9.17, 15) is 4.79 Å². The number of nitrogens with one attached hydrogen (secondary N) is 2. The molecule has 4 nitrogen and oxygen atoms in total. The van der Waals surface area contributed by atoms with E-state index in [1.54, 1.807) is 0 Å². The maximum absolute atomic E-state index is 11.2. The first-order chi connectivity index (χ1) is 11.5. The Morgan fingerprint density at radius 3 is 2.75 bits per heavy atom. The van der Waals surface area contributed by atoms with Crippen LogP contribution in [-0.4, -0.2) is 18.6 Å². The summed E-state index contributed by atoms with van der Waals surface area (Å²) >= 11 is 0. The summed E-state index contributed by atoms with van der Waals surface area (Å²) in [6.07, 6.45) is 0. The highest BCUT2D eigenvalue weighted by molar-refractivity contribution is 5.88. The molecule has 1 aliphatic rings. The molecule has 2 aromatic carbocycles. The first-order valence-electron chi connectivity index (χ1n) is 8.40. The zero-order valence-corrected chi connectivity index (χ0v) is 14.4. The molecule has 3 rings (SSSR count). The molecule has 3 unspecified atom stereocenters. The first-order valence-corrected chi connectivity index (χ1v) is 8.40. The number of ether oxygens (including phenoxy) is 1. The third kappa shape index (κ3) is 3.60. The largest absolute Gasteiger partial charge is 0.493 e. The maximum atomic E-state index is 11.2. The van der Waals surface area contributed by atoms with Crippen LogP contribution in [0.4, 0.5) is 5.69 Å². The van der Waals surface area contributed by atoms with E-state index in [1.165, 1.54) is 12.5 Å². The fraction of sp³-hybridized carbons (Fsp3) is 0.350. The van der Waals surface area contributed by atoms with Crippen LogP contribution in [0.1, 0.15) is 43.9 Å².